The first kappa shape index (κ1) is 22.2. The molecule has 0 unspecified atom stereocenters. The van der Waals surface area contributed by atoms with Gasteiger partial charge in [-0.3, -0.25) is 9.69 Å². The molecule has 0 bridgehead atoms. The number of thiazole rings is 1. The van der Waals surface area contributed by atoms with Gasteiger partial charge in [-0.15, -0.1) is 0 Å². The molecule has 0 aliphatic carbocycles. The lowest BCUT2D eigenvalue weighted by atomic mass is 10.1. The highest BCUT2D eigenvalue weighted by Gasteiger charge is 2.26. The maximum Gasteiger partial charge on any atom is 0.244 e. The van der Waals surface area contributed by atoms with Gasteiger partial charge in [0.25, 0.3) is 0 Å². The van der Waals surface area contributed by atoms with E-state index in [9.17, 15) is 13.2 Å². The Morgan fingerprint density at radius 3 is 2.22 bits per heavy atom. The third-order valence-corrected chi connectivity index (χ3v) is 7.79. The van der Waals surface area contributed by atoms with E-state index in [0.717, 1.165) is 26.9 Å². The molecular formula is C25H24N2O3S2. The number of benzene rings is 3. The van der Waals surface area contributed by atoms with Crippen LogP contribution < -0.4 is 4.90 Å². The minimum Gasteiger partial charge on any atom is -0.283 e. The number of hydrogen-bond acceptors (Lipinski definition) is 5. The average Bonchev–Trinajstić information content (AvgIpc) is 3.16. The maximum absolute atomic E-state index is 13.3. The van der Waals surface area contributed by atoms with Gasteiger partial charge in [0.1, 0.15) is 5.75 Å². The molecule has 7 heteroatoms. The van der Waals surface area contributed by atoms with Crippen molar-refractivity contribution in [1.29, 1.82) is 0 Å². The van der Waals surface area contributed by atoms with Crippen molar-refractivity contribution in [3.8, 4) is 0 Å². The summed E-state index contributed by atoms with van der Waals surface area (Å²) in [6.45, 7) is 4.29. The van der Waals surface area contributed by atoms with Crippen molar-refractivity contribution in [2.75, 3.05) is 10.7 Å². The Morgan fingerprint density at radius 2 is 1.56 bits per heavy atom. The van der Waals surface area contributed by atoms with E-state index in [1.165, 1.54) is 16.2 Å². The molecule has 1 aromatic heterocycles. The van der Waals surface area contributed by atoms with Crippen molar-refractivity contribution in [2.45, 2.75) is 26.1 Å². The lowest BCUT2D eigenvalue weighted by molar-refractivity contribution is -0.116. The van der Waals surface area contributed by atoms with Gasteiger partial charge in [0, 0.05) is 0 Å². The second-order valence-corrected chi connectivity index (χ2v) is 11.0. The van der Waals surface area contributed by atoms with E-state index in [1.807, 2.05) is 56.3 Å². The molecule has 164 valence electrons. The molecule has 1 amide bonds. The molecule has 1 heterocycles. The molecule has 0 saturated heterocycles. The summed E-state index contributed by atoms with van der Waals surface area (Å²) in [5.74, 6) is -1.21. The summed E-state index contributed by atoms with van der Waals surface area (Å²) < 4.78 is 26.6. The molecule has 0 saturated carbocycles. The molecule has 32 heavy (non-hydrogen) atoms. The second kappa shape index (κ2) is 9.22. The summed E-state index contributed by atoms with van der Waals surface area (Å²) in [6, 6.07) is 22.5. The standard InChI is InChI=1S/C25H24N2O3S2/c1-18-13-19(2)24-22(14-18)26-25(31-24)27(15-20-9-5-3-6-10-20)23(28)17-32(29,30)16-21-11-7-4-8-12-21/h3-14H,15-17H2,1-2H3. The number of sulfone groups is 1. The molecule has 0 atom stereocenters. The molecule has 0 radical (unpaired) electrons. The van der Waals surface area contributed by atoms with Gasteiger partial charge >= 0.3 is 0 Å². The average molecular weight is 465 g/mol. The fourth-order valence-corrected chi connectivity index (χ4v) is 6.02. The van der Waals surface area contributed by atoms with Crippen LogP contribution in [0.4, 0.5) is 5.13 Å². The number of carbonyl (C=O) groups is 1. The number of hydrogen-bond donors (Lipinski definition) is 0. The zero-order valence-corrected chi connectivity index (χ0v) is 19.6. The molecule has 0 N–H and O–H groups in total. The SMILES string of the molecule is Cc1cc(C)c2sc(N(Cc3ccccc3)C(=O)CS(=O)(=O)Cc3ccccc3)nc2c1. The van der Waals surface area contributed by atoms with Gasteiger partial charge < -0.3 is 0 Å². The quantitative estimate of drug-likeness (QED) is 0.383. The largest absolute Gasteiger partial charge is 0.283 e. The van der Waals surface area contributed by atoms with Gasteiger partial charge in [-0.05, 0) is 42.2 Å². The van der Waals surface area contributed by atoms with Crippen LogP contribution >= 0.6 is 11.3 Å². The summed E-state index contributed by atoms with van der Waals surface area (Å²) in [7, 11) is -3.64. The van der Waals surface area contributed by atoms with Crippen molar-refractivity contribution in [3.63, 3.8) is 0 Å². The lowest BCUT2D eigenvalue weighted by Gasteiger charge is -2.20. The highest BCUT2D eigenvalue weighted by molar-refractivity contribution is 7.91. The summed E-state index contributed by atoms with van der Waals surface area (Å²) in [4.78, 5) is 19.5. The predicted octanol–water partition coefficient (Wildman–Crippen LogP) is 5.06. The number of amides is 1. The van der Waals surface area contributed by atoms with Crippen LogP contribution in [0.25, 0.3) is 10.2 Å². The number of rotatable bonds is 7. The Morgan fingerprint density at radius 1 is 0.938 bits per heavy atom. The van der Waals surface area contributed by atoms with Crippen LogP contribution in [0.3, 0.4) is 0 Å². The van der Waals surface area contributed by atoms with E-state index in [-0.39, 0.29) is 12.3 Å². The van der Waals surface area contributed by atoms with Crippen molar-refractivity contribution >= 4 is 42.4 Å². The van der Waals surface area contributed by atoms with E-state index in [1.54, 1.807) is 24.3 Å². The highest BCUT2D eigenvalue weighted by Crippen LogP contribution is 2.33. The Kier molecular flexibility index (Phi) is 6.39. The minimum atomic E-state index is -3.64. The van der Waals surface area contributed by atoms with Crippen molar-refractivity contribution in [2.24, 2.45) is 0 Å². The van der Waals surface area contributed by atoms with E-state index < -0.39 is 21.5 Å². The number of aromatic nitrogens is 1. The summed E-state index contributed by atoms with van der Waals surface area (Å²) >= 11 is 1.42. The number of nitrogens with zero attached hydrogens (tertiary/aromatic N) is 2. The van der Waals surface area contributed by atoms with Crippen LogP contribution in [0.1, 0.15) is 22.3 Å². The molecule has 0 spiro atoms. The molecule has 0 fully saturated rings. The molecule has 3 aromatic carbocycles. The van der Waals surface area contributed by atoms with Gasteiger partial charge in [0.2, 0.25) is 5.91 Å². The normalized spacial score (nSPS) is 11.6. The fourth-order valence-electron chi connectivity index (χ4n) is 3.65. The number of fused-ring (bicyclic) bond motifs is 1. The monoisotopic (exact) mass is 464 g/mol. The maximum atomic E-state index is 13.3. The van der Waals surface area contributed by atoms with Gasteiger partial charge in [-0.2, -0.15) is 0 Å². The van der Waals surface area contributed by atoms with Crippen LogP contribution in [0.5, 0.6) is 0 Å². The highest BCUT2D eigenvalue weighted by atomic mass is 32.2. The Balaban J connectivity index is 1.66. The van der Waals surface area contributed by atoms with Crippen LogP contribution in [0.15, 0.2) is 72.8 Å². The summed E-state index contributed by atoms with van der Waals surface area (Å²) in [5, 5.41) is 0.512. The van der Waals surface area contributed by atoms with Gasteiger partial charge in [-0.25, -0.2) is 13.4 Å². The van der Waals surface area contributed by atoms with Gasteiger partial charge in [-0.1, -0.05) is 78.1 Å². The van der Waals surface area contributed by atoms with Crippen LogP contribution in [0, 0.1) is 13.8 Å². The first-order valence-corrected chi connectivity index (χ1v) is 12.9. The molecule has 5 nitrogen and oxygen atoms in total. The molecule has 4 aromatic rings. The molecular weight excluding hydrogens is 440 g/mol. The van der Waals surface area contributed by atoms with E-state index in [0.29, 0.717) is 10.7 Å². The molecule has 0 aliphatic heterocycles. The van der Waals surface area contributed by atoms with Gasteiger partial charge in [0.15, 0.2) is 15.0 Å². The lowest BCUT2D eigenvalue weighted by Crippen LogP contribution is -2.35. The van der Waals surface area contributed by atoms with E-state index in [4.69, 9.17) is 4.98 Å². The van der Waals surface area contributed by atoms with Crippen molar-refractivity contribution in [3.05, 3.63) is 95.1 Å². The first-order chi connectivity index (χ1) is 15.3. The van der Waals surface area contributed by atoms with Crippen molar-refractivity contribution in [1.82, 2.24) is 4.98 Å². The van der Waals surface area contributed by atoms with Crippen molar-refractivity contribution < 1.29 is 13.2 Å². The fraction of sp³-hybridized carbons (Fsp3) is 0.200. The van der Waals surface area contributed by atoms with Crippen LogP contribution in [-0.4, -0.2) is 25.1 Å². The van der Waals surface area contributed by atoms with Gasteiger partial charge in [0.05, 0.1) is 22.5 Å². The number of carbonyl (C=O) groups excluding carboxylic acids is 1. The first-order valence-electron chi connectivity index (χ1n) is 10.3. The minimum absolute atomic E-state index is 0.170. The number of anilines is 1. The Bertz CT molecular complexity index is 1350. The topological polar surface area (TPSA) is 67.3 Å². The second-order valence-electron chi connectivity index (χ2n) is 7.91. The summed E-state index contributed by atoms with van der Waals surface area (Å²) in [5.41, 5.74) is 4.58. The smallest absolute Gasteiger partial charge is 0.244 e. The Labute approximate surface area is 192 Å². The van der Waals surface area contributed by atoms with Crippen LogP contribution in [0.2, 0.25) is 0 Å². The van der Waals surface area contributed by atoms with Crippen LogP contribution in [-0.2, 0) is 26.9 Å². The molecule has 0 aliphatic rings. The number of aryl methyl sites for hydroxylation is 2. The summed E-state index contributed by atoms with van der Waals surface area (Å²) in [6.07, 6.45) is 0. The predicted molar refractivity (Wildman–Crippen MR) is 131 cm³/mol. The third-order valence-electron chi connectivity index (χ3n) is 5.10. The molecule has 4 rings (SSSR count). The Hall–Kier alpha value is -3.03. The zero-order valence-electron chi connectivity index (χ0n) is 18.0. The zero-order chi connectivity index (χ0) is 22.7. The third kappa shape index (κ3) is 5.23. The van der Waals surface area contributed by atoms with E-state index in [2.05, 4.69) is 6.07 Å². The van der Waals surface area contributed by atoms with E-state index >= 15 is 0 Å².